The third kappa shape index (κ3) is 3.84. The van der Waals surface area contributed by atoms with Crippen molar-refractivity contribution in [3.8, 4) is 0 Å². The van der Waals surface area contributed by atoms with Crippen molar-refractivity contribution >= 4 is 0 Å². The van der Waals surface area contributed by atoms with Gasteiger partial charge in [0.1, 0.15) is 5.82 Å². The molecule has 1 aromatic rings. The molecule has 3 heteroatoms. The molecule has 1 N–H and O–H groups in total. The Hall–Kier alpha value is -0.830. The highest BCUT2D eigenvalue weighted by molar-refractivity contribution is 4.92. The van der Waals surface area contributed by atoms with E-state index in [1.807, 2.05) is 6.20 Å². The van der Waals surface area contributed by atoms with Gasteiger partial charge in [-0.1, -0.05) is 13.8 Å². The highest BCUT2D eigenvalue weighted by Gasteiger charge is 2.17. The van der Waals surface area contributed by atoms with Gasteiger partial charge in [0, 0.05) is 37.9 Å². The molecule has 1 aromatic heterocycles. The van der Waals surface area contributed by atoms with Gasteiger partial charge in [0.05, 0.1) is 0 Å². The minimum Gasteiger partial charge on any atom is -0.334 e. The first-order chi connectivity index (χ1) is 8.79. The van der Waals surface area contributed by atoms with Gasteiger partial charge in [-0.15, -0.1) is 0 Å². The molecule has 1 aliphatic carbocycles. The summed E-state index contributed by atoms with van der Waals surface area (Å²) in [5.74, 6) is 2.17. The first-order valence-electron chi connectivity index (χ1n) is 7.53. The number of hydrogen-bond donors (Lipinski definition) is 1. The Morgan fingerprint density at radius 3 is 2.83 bits per heavy atom. The van der Waals surface area contributed by atoms with E-state index >= 15 is 0 Å². The largest absolute Gasteiger partial charge is 0.334 e. The standard InChI is InChI=1S/C15H27N3/c1-3-4-15-17-10-12-18(15)11-9-16-14-7-5-13(2)6-8-14/h10,12-14,16H,3-9,11H2,1-2H3. The van der Waals surface area contributed by atoms with Gasteiger partial charge in [0.15, 0.2) is 0 Å². The zero-order chi connectivity index (χ0) is 12.8. The Morgan fingerprint density at radius 1 is 1.33 bits per heavy atom. The number of rotatable bonds is 6. The molecule has 3 nitrogen and oxygen atoms in total. The molecule has 0 saturated heterocycles. The van der Waals surface area contributed by atoms with Gasteiger partial charge in [-0.3, -0.25) is 0 Å². The second-order valence-electron chi connectivity index (χ2n) is 5.70. The SMILES string of the molecule is CCCc1nccn1CCNC1CCC(C)CC1. The molecule has 0 aliphatic heterocycles. The average Bonchev–Trinajstić information content (AvgIpc) is 2.80. The van der Waals surface area contributed by atoms with Crippen LogP contribution in [0.3, 0.4) is 0 Å². The fourth-order valence-electron chi connectivity index (χ4n) is 2.85. The second-order valence-corrected chi connectivity index (χ2v) is 5.70. The van der Waals surface area contributed by atoms with Crippen LogP contribution in [0.15, 0.2) is 12.4 Å². The van der Waals surface area contributed by atoms with Gasteiger partial charge in [0.25, 0.3) is 0 Å². The Bertz CT molecular complexity index is 337. The fraction of sp³-hybridized carbons (Fsp3) is 0.800. The summed E-state index contributed by atoms with van der Waals surface area (Å²) in [4.78, 5) is 4.42. The van der Waals surface area contributed by atoms with Crippen LogP contribution in [0.5, 0.6) is 0 Å². The zero-order valence-corrected chi connectivity index (χ0v) is 11.9. The van der Waals surface area contributed by atoms with E-state index in [4.69, 9.17) is 0 Å². The zero-order valence-electron chi connectivity index (χ0n) is 11.9. The number of hydrogen-bond acceptors (Lipinski definition) is 2. The maximum absolute atomic E-state index is 4.42. The van der Waals surface area contributed by atoms with Crippen LogP contribution in [0.4, 0.5) is 0 Å². The number of nitrogens with zero attached hydrogens (tertiary/aromatic N) is 2. The highest BCUT2D eigenvalue weighted by atomic mass is 15.1. The minimum absolute atomic E-state index is 0.749. The van der Waals surface area contributed by atoms with Gasteiger partial charge in [-0.2, -0.15) is 0 Å². The normalized spacial score (nSPS) is 24.3. The molecule has 18 heavy (non-hydrogen) atoms. The lowest BCUT2D eigenvalue weighted by Crippen LogP contribution is -2.34. The molecule has 1 saturated carbocycles. The van der Waals surface area contributed by atoms with Crippen molar-refractivity contribution in [2.75, 3.05) is 6.54 Å². The molecule has 0 unspecified atom stereocenters. The molecule has 2 rings (SSSR count). The van der Waals surface area contributed by atoms with Gasteiger partial charge in [0.2, 0.25) is 0 Å². The first-order valence-corrected chi connectivity index (χ1v) is 7.53. The molecular weight excluding hydrogens is 222 g/mol. The molecule has 0 amide bonds. The van der Waals surface area contributed by atoms with Crippen LogP contribution in [0.2, 0.25) is 0 Å². The molecule has 1 fully saturated rings. The van der Waals surface area contributed by atoms with Crippen molar-refractivity contribution in [2.24, 2.45) is 5.92 Å². The summed E-state index contributed by atoms with van der Waals surface area (Å²) in [7, 11) is 0. The summed E-state index contributed by atoms with van der Waals surface area (Å²) in [6.45, 7) is 6.71. The lowest BCUT2D eigenvalue weighted by atomic mass is 9.87. The van der Waals surface area contributed by atoms with Crippen LogP contribution in [0.25, 0.3) is 0 Å². The van der Waals surface area contributed by atoms with Crippen molar-refractivity contribution in [1.29, 1.82) is 0 Å². The average molecular weight is 249 g/mol. The summed E-state index contributed by atoms with van der Waals surface area (Å²) >= 11 is 0. The Labute approximate surface area is 111 Å². The lowest BCUT2D eigenvalue weighted by Gasteiger charge is -2.27. The van der Waals surface area contributed by atoms with Crippen molar-refractivity contribution in [2.45, 2.75) is 65.0 Å². The van der Waals surface area contributed by atoms with E-state index in [0.717, 1.165) is 31.5 Å². The van der Waals surface area contributed by atoms with Crippen molar-refractivity contribution in [1.82, 2.24) is 14.9 Å². The molecule has 0 aromatic carbocycles. The summed E-state index contributed by atoms with van der Waals surface area (Å²) in [5, 5.41) is 3.70. The van der Waals surface area contributed by atoms with Crippen molar-refractivity contribution in [3.05, 3.63) is 18.2 Å². The van der Waals surface area contributed by atoms with Crippen LogP contribution in [-0.4, -0.2) is 22.1 Å². The van der Waals surface area contributed by atoms with Gasteiger partial charge in [-0.25, -0.2) is 4.98 Å². The van der Waals surface area contributed by atoms with Crippen LogP contribution in [-0.2, 0) is 13.0 Å². The van der Waals surface area contributed by atoms with E-state index in [-0.39, 0.29) is 0 Å². The predicted molar refractivity (Wildman–Crippen MR) is 75.6 cm³/mol. The maximum Gasteiger partial charge on any atom is 0.108 e. The maximum atomic E-state index is 4.42. The topological polar surface area (TPSA) is 29.9 Å². The van der Waals surface area contributed by atoms with Crippen molar-refractivity contribution < 1.29 is 0 Å². The number of nitrogens with one attached hydrogen (secondary N) is 1. The smallest absolute Gasteiger partial charge is 0.108 e. The van der Waals surface area contributed by atoms with Gasteiger partial charge in [-0.05, 0) is 38.0 Å². The fourth-order valence-corrected chi connectivity index (χ4v) is 2.85. The Kier molecular flexibility index (Phi) is 5.24. The van der Waals surface area contributed by atoms with E-state index in [0.29, 0.717) is 0 Å². The Balaban J connectivity index is 1.70. The molecule has 0 radical (unpaired) electrons. The second kappa shape index (κ2) is 6.93. The van der Waals surface area contributed by atoms with Gasteiger partial charge >= 0.3 is 0 Å². The van der Waals surface area contributed by atoms with Gasteiger partial charge < -0.3 is 9.88 Å². The van der Waals surface area contributed by atoms with Crippen molar-refractivity contribution in [3.63, 3.8) is 0 Å². The highest BCUT2D eigenvalue weighted by Crippen LogP contribution is 2.23. The third-order valence-electron chi connectivity index (χ3n) is 4.08. The number of imidazole rings is 1. The predicted octanol–water partition coefficient (Wildman–Crippen LogP) is 3.00. The summed E-state index contributed by atoms with van der Waals surface area (Å²) in [6.07, 6.45) is 11.8. The third-order valence-corrected chi connectivity index (χ3v) is 4.08. The summed E-state index contributed by atoms with van der Waals surface area (Å²) in [6, 6.07) is 0.749. The lowest BCUT2D eigenvalue weighted by molar-refractivity contribution is 0.305. The molecule has 0 bridgehead atoms. The Morgan fingerprint density at radius 2 is 2.11 bits per heavy atom. The van der Waals surface area contributed by atoms with E-state index < -0.39 is 0 Å². The van der Waals surface area contributed by atoms with Crippen LogP contribution < -0.4 is 5.32 Å². The number of aryl methyl sites for hydroxylation is 1. The quantitative estimate of drug-likeness (QED) is 0.840. The van der Waals surface area contributed by atoms with Crippen LogP contribution in [0, 0.1) is 5.92 Å². The summed E-state index contributed by atoms with van der Waals surface area (Å²) < 4.78 is 2.29. The summed E-state index contributed by atoms with van der Waals surface area (Å²) in [5.41, 5.74) is 0. The molecule has 1 aliphatic rings. The molecular formula is C15H27N3. The number of aromatic nitrogens is 2. The monoisotopic (exact) mass is 249 g/mol. The van der Waals surface area contributed by atoms with E-state index in [9.17, 15) is 0 Å². The van der Waals surface area contributed by atoms with E-state index in [2.05, 4.69) is 34.9 Å². The minimum atomic E-state index is 0.749. The molecule has 0 atom stereocenters. The van der Waals surface area contributed by atoms with Crippen LogP contribution >= 0.6 is 0 Å². The van der Waals surface area contributed by atoms with E-state index in [1.165, 1.54) is 37.9 Å². The first kappa shape index (κ1) is 13.6. The van der Waals surface area contributed by atoms with Crippen LogP contribution in [0.1, 0.15) is 51.8 Å². The molecule has 0 spiro atoms. The molecule has 102 valence electrons. The molecule has 1 heterocycles. The van der Waals surface area contributed by atoms with E-state index in [1.54, 1.807) is 0 Å².